The Morgan fingerprint density at radius 1 is 1.19 bits per heavy atom. The molecule has 170 valence electrons. The molecule has 4 rings (SSSR count). The van der Waals surface area contributed by atoms with Crippen molar-refractivity contribution in [3.8, 4) is 0 Å². The van der Waals surface area contributed by atoms with Crippen LogP contribution in [0.2, 0.25) is 0 Å². The highest BCUT2D eigenvalue weighted by Crippen LogP contribution is 2.22. The average Bonchev–Trinajstić information content (AvgIpc) is 3.32. The van der Waals surface area contributed by atoms with Crippen LogP contribution >= 0.6 is 35.3 Å². The number of morpholine rings is 1. The number of aromatic nitrogens is 1. The zero-order chi connectivity index (χ0) is 20.8. The Bertz CT molecular complexity index is 808. The molecular weight excluding hydrogens is 523 g/mol. The summed E-state index contributed by atoms with van der Waals surface area (Å²) in [6.45, 7) is 12.3. The van der Waals surface area contributed by atoms with Crippen LogP contribution in [0.1, 0.15) is 19.4 Å². The van der Waals surface area contributed by atoms with E-state index < -0.39 is 0 Å². The number of rotatable bonds is 5. The van der Waals surface area contributed by atoms with Crippen molar-refractivity contribution in [2.24, 2.45) is 4.99 Å². The van der Waals surface area contributed by atoms with Crippen molar-refractivity contribution in [2.75, 3.05) is 62.2 Å². The van der Waals surface area contributed by atoms with Crippen LogP contribution in [0.15, 0.2) is 40.8 Å². The van der Waals surface area contributed by atoms with E-state index in [9.17, 15) is 0 Å². The summed E-state index contributed by atoms with van der Waals surface area (Å²) in [7, 11) is 0. The largest absolute Gasteiger partial charge is 0.375 e. The van der Waals surface area contributed by atoms with Crippen LogP contribution < -0.4 is 15.1 Å². The smallest absolute Gasteiger partial charge is 0.194 e. The summed E-state index contributed by atoms with van der Waals surface area (Å²) in [5.74, 6) is 2.02. The zero-order valence-corrected chi connectivity index (χ0v) is 21.5. The number of ether oxygens (including phenoxy) is 1. The van der Waals surface area contributed by atoms with Gasteiger partial charge in [-0.15, -0.1) is 35.3 Å². The predicted octanol–water partition coefficient (Wildman–Crippen LogP) is 3.27. The lowest BCUT2D eigenvalue weighted by molar-refractivity contribution is 0.0529. The second-order valence-electron chi connectivity index (χ2n) is 7.75. The predicted molar refractivity (Wildman–Crippen MR) is 140 cm³/mol. The van der Waals surface area contributed by atoms with E-state index in [1.165, 1.54) is 5.00 Å². The third-order valence-electron chi connectivity index (χ3n) is 5.52. The number of pyridine rings is 1. The fourth-order valence-corrected chi connectivity index (χ4v) is 4.69. The molecule has 1 atom stereocenters. The molecule has 4 heterocycles. The minimum atomic E-state index is 0. The van der Waals surface area contributed by atoms with Crippen molar-refractivity contribution >= 4 is 52.1 Å². The van der Waals surface area contributed by atoms with Gasteiger partial charge in [-0.05, 0) is 43.0 Å². The molecule has 2 saturated heterocycles. The molecule has 0 bridgehead atoms. The fourth-order valence-electron chi connectivity index (χ4n) is 3.90. The molecule has 2 aromatic rings. The van der Waals surface area contributed by atoms with Crippen molar-refractivity contribution in [3.05, 3.63) is 41.4 Å². The van der Waals surface area contributed by atoms with E-state index in [0.29, 0.717) is 6.54 Å². The van der Waals surface area contributed by atoms with E-state index in [1.54, 1.807) is 0 Å². The van der Waals surface area contributed by atoms with Crippen molar-refractivity contribution in [1.82, 2.24) is 15.2 Å². The number of hydrogen-bond acceptors (Lipinski definition) is 6. The van der Waals surface area contributed by atoms with Gasteiger partial charge in [-0.2, -0.15) is 0 Å². The number of nitrogens with zero attached hydrogens (tertiary/aromatic N) is 5. The summed E-state index contributed by atoms with van der Waals surface area (Å²) in [5, 5.41) is 6.96. The van der Waals surface area contributed by atoms with Gasteiger partial charge in [-0.25, -0.2) is 9.98 Å². The van der Waals surface area contributed by atoms with Crippen LogP contribution in [0, 0.1) is 0 Å². The third-order valence-corrected chi connectivity index (χ3v) is 6.45. The number of thiophene rings is 1. The number of nitrogens with one attached hydrogen (secondary N) is 1. The van der Waals surface area contributed by atoms with Gasteiger partial charge in [-0.3, -0.25) is 0 Å². The van der Waals surface area contributed by atoms with Gasteiger partial charge in [0.1, 0.15) is 5.82 Å². The van der Waals surface area contributed by atoms with Crippen LogP contribution in [-0.4, -0.2) is 74.4 Å². The molecule has 7 nitrogen and oxygen atoms in total. The molecule has 1 N–H and O–H groups in total. The lowest BCUT2D eigenvalue weighted by Crippen LogP contribution is -2.52. The van der Waals surface area contributed by atoms with Gasteiger partial charge in [0.25, 0.3) is 0 Å². The maximum atomic E-state index is 5.63. The molecule has 31 heavy (non-hydrogen) atoms. The molecule has 0 saturated carbocycles. The molecule has 0 aliphatic carbocycles. The van der Waals surface area contributed by atoms with E-state index in [4.69, 9.17) is 9.73 Å². The summed E-state index contributed by atoms with van der Waals surface area (Å²) in [6.07, 6.45) is 2.21. The average molecular weight is 557 g/mol. The highest BCUT2D eigenvalue weighted by Gasteiger charge is 2.20. The highest BCUT2D eigenvalue weighted by atomic mass is 127. The summed E-state index contributed by atoms with van der Waals surface area (Å²) in [6, 6.07) is 8.57. The lowest BCUT2D eigenvalue weighted by atomic mass is 10.2. The molecule has 1 unspecified atom stereocenters. The first-order valence-electron chi connectivity index (χ1n) is 10.9. The maximum absolute atomic E-state index is 5.63. The Hall–Kier alpha value is -1.59. The third kappa shape index (κ3) is 6.45. The summed E-state index contributed by atoms with van der Waals surface area (Å²) in [5.41, 5.74) is 1.13. The van der Waals surface area contributed by atoms with Crippen LogP contribution in [0.25, 0.3) is 0 Å². The monoisotopic (exact) mass is 556 g/mol. The molecule has 2 fully saturated rings. The zero-order valence-electron chi connectivity index (χ0n) is 18.4. The Morgan fingerprint density at radius 2 is 2.03 bits per heavy atom. The van der Waals surface area contributed by atoms with Crippen LogP contribution in [0.4, 0.5) is 10.8 Å². The van der Waals surface area contributed by atoms with E-state index in [-0.39, 0.29) is 30.1 Å². The molecule has 0 spiro atoms. The van der Waals surface area contributed by atoms with Gasteiger partial charge in [0.15, 0.2) is 5.96 Å². The van der Waals surface area contributed by atoms with Crippen molar-refractivity contribution in [3.63, 3.8) is 0 Å². The van der Waals surface area contributed by atoms with Crippen molar-refractivity contribution < 1.29 is 4.74 Å². The number of anilines is 2. The van der Waals surface area contributed by atoms with E-state index in [0.717, 1.165) is 69.8 Å². The SMILES string of the molecule is CCNC(=NCc1ccc(N2CCOC(C)C2)nc1)N1CCN(c2cccs2)CC1.I. The normalized spacial score (nSPS) is 19.9. The van der Waals surface area contributed by atoms with Crippen molar-refractivity contribution in [1.29, 1.82) is 0 Å². The number of halogens is 1. The Morgan fingerprint density at radius 3 is 2.68 bits per heavy atom. The first kappa shape index (κ1) is 24.1. The minimum absolute atomic E-state index is 0. The quantitative estimate of drug-likeness (QED) is 0.347. The van der Waals surface area contributed by atoms with Crippen LogP contribution in [0.5, 0.6) is 0 Å². The number of guanidine groups is 1. The summed E-state index contributed by atoms with van der Waals surface area (Å²) < 4.78 is 5.63. The molecule has 2 aromatic heterocycles. The van der Waals surface area contributed by atoms with Gasteiger partial charge < -0.3 is 24.8 Å². The first-order valence-corrected chi connectivity index (χ1v) is 11.7. The van der Waals surface area contributed by atoms with Crippen molar-refractivity contribution in [2.45, 2.75) is 26.5 Å². The molecule has 0 aromatic carbocycles. The van der Waals surface area contributed by atoms with Gasteiger partial charge in [0.05, 0.1) is 24.3 Å². The Balaban J connectivity index is 0.00000272. The number of piperazine rings is 1. The van der Waals surface area contributed by atoms with Gasteiger partial charge in [-0.1, -0.05) is 6.07 Å². The molecule has 2 aliphatic heterocycles. The van der Waals surface area contributed by atoms with Gasteiger partial charge in [0.2, 0.25) is 0 Å². The Kier molecular flexibility index (Phi) is 9.21. The summed E-state index contributed by atoms with van der Waals surface area (Å²) >= 11 is 1.81. The van der Waals surface area contributed by atoms with Gasteiger partial charge in [0, 0.05) is 52.0 Å². The summed E-state index contributed by atoms with van der Waals surface area (Å²) in [4.78, 5) is 16.7. The minimum Gasteiger partial charge on any atom is -0.375 e. The first-order chi connectivity index (χ1) is 14.7. The second kappa shape index (κ2) is 11.9. The lowest BCUT2D eigenvalue weighted by Gasteiger charge is -2.37. The molecule has 0 amide bonds. The molecule has 0 radical (unpaired) electrons. The Labute approximate surface area is 206 Å². The molecule has 9 heteroatoms. The maximum Gasteiger partial charge on any atom is 0.194 e. The van der Waals surface area contributed by atoms with E-state index in [1.807, 2.05) is 17.5 Å². The topological polar surface area (TPSA) is 56.2 Å². The van der Waals surface area contributed by atoms with Crippen LogP contribution in [0.3, 0.4) is 0 Å². The highest BCUT2D eigenvalue weighted by molar-refractivity contribution is 14.0. The van der Waals surface area contributed by atoms with E-state index in [2.05, 4.69) is 68.5 Å². The standard InChI is InChI=1S/C22H32N6OS.HI/c1-3-23-22(27-10-8-26(9-11-27)21-5-4-14-30-21)25-16-19-6-7-20(24-15-19)28-12-13-29-18(2)17-28;/h4-7,14-15,18H,3,8-13,16-17H2,1-2H3,(H,23,25);1H. The fraction of sp³-hybridized carbons (Fsp3) is 0.545. The second-order valence-corrected chi connectivity index (χ2v) is 8.67. The number of aliphatic imine (C=N–C) groups is 1. The number of hydrogen-bond donors (Lipinski definition) is 1. The van der Waals surface area contributed by atoms with Gasteiger partial charge >= 0.3 is 0 Å². The molecule has 2 aliphatic rings. The molecular formula is C22H33IN6OS. The van der Waals surface area contributed by atoms with Crippen LogP contribution in [-0.2, 0) is 11.3 Å². The van der Waals surface area contributed by atoms with E-state index >= 15 is 0 Å².